The van der Waals surface area contributed by atoms with E-state index in [0.29, 0.717) is 16.5 Å². The summed E-state index contributed by atoms with van der Waals surface area (Å²) in [5.41, 5.74) is 15.3. The number of hydrogen-bond acceptors (Lipinski definition) is 4. The van der Waals surface area contributed by atoms with Crippen LogP contribution in [0.2, 0.25) is 0 Å². The molecule has 3 N–H and O–H groups in total. The lowest BCUT2D eigenvalue weighted by molar-refractivity contribution is 0.103. The number of anilines is 2. The molecule has 1 aliphatic rings. The van der Waals surface area contributed by atoms with E-state index >= 15 is 0 Å². The molecular weight excluding hydrogens is 438 g/mol. The van der Waals surface area contributed by atoms with Crippen molar-refractivity contribution in [3.05, 3.63) is 75.8 Å². The fourth-order valence-corrected chi connectivity index (χ4v) is 5.86. The van der Waals surface area contributed by atoms with Gasteiger partial charge in [-0.15, -0.1) is 11.3 Å². The topological polar surface area (TPSA) is 68.0 Å². The van der Waals surface area contributed by atoms with Gasteiger partial charge in [-0.1, -0.05) is 57.2 Å². The number of amides is 1. The third-order valence-corrected chi connectivity index (χ3v) is 7.94. The quantitative estimate of drug-likeness (QED) is 0.321. The summed E-state index contributed by atoms with van der Waals surface area (Å²) in [7, 11) is 0. The Morgan fingerprint density at radius 1 is 1.06 bits per heavy atom. The number of fused-ring (bicyclic) bond motifs is 2. The fraction of sp³-hybridized carbons (Fsp3) is 0.310. The Balaban J connectivity index is 1.61. The van der Waals surface area contributed by atoms with Crippen molar-refractivity contribution in [2.75, 3.05) is 11.1 Å². The molecule has 0 fully saturated rings. The van der Waals surface area contributed by atoms with Crippen LogP contribution in [0, 0.1) is 0 Å². The molecule has 34 heavy (non-hydrogen) atoms. The average molecular weight is 470 g/mol. The summed E-state index contributed by atoms with van der Waals surface area (Å²) in [6.45, 7) is 6.53. The molecule has 2 aromatic carbocycles. The molecule has 1 aliphatic carbocycles. The van der Waals surface area contributed by atoms with Crippen LogP contribution in [-0.4, -0.2) is 10.9 Å². The smallest absolute Gasteiger partial charge is 0.267 e. The maximum absolute atomic E-state index is 13.2. The number of aromatic nitrogens is 1. The van der Waals surface area contributed by atoms with Crippen molar-refractivity contribution in [3.8, 4) is 11.1 Å². The lowest BCUT2D eigenvalue weighted by Crippen LogP contribution is -2.12. The van der Waals surface area contributed by atoms with Crippen LogP contribution in [0.1, 0.15) is 71.6 Å². The number of carbonyl (C=O) groups is 1. The minimum atomic E-state index is -0.177. The second kappa shape index (κ2) is 9.22. The van der Waals surface area contributed by atoms with Crippen molar-refractivity contribution < 1.29 is 4.79 Å². The maximum Gasteiger partial charge on any atom is 0.267 e. The Morgan fingerprint density at radius 3 is 2.44 bits per heavy atom. The summed E-state index contributed by atoms with van der Waals surface area (Å²) in [4.78, 5) is 19.6. The van der Waals surface area contributed by atoms with Crippen LogP contribution in [0.15, 0.2) is 48.5 Å². The van der Waals surface area contributed by atoms with Crippen molar-refractivity contribution in [1.82, 2.24) is 4.98 Å². The Labute approximate surface area is 205 Å². The van der Waals surface area contributed by atoms with E-state index in [0.717, 1.165) is 64.8 Å². The van der Waals surface area contributed by atoms with Gasteiger partial charge in [-0.05, 0) is 78.0 Å². The predicted octanol–water partition coefficient (Wildman–Crippen LogP) is 7.36. The molecule has 2 aromatic heterocycles. The average Bonchev–Trinajstić information content (AvgIpc) is 3.19. The molecule has 5 heteroatoms. The SMILES string of the molecule is CCc1ccc(NC(=O)c2sc3nc4c(c(-c5ccc(C(C)C)cc5)c3c2N)CCCC4)cc1. The normalized spacial score (nSPS) is 13.3. The fourth-order valence-electron chi connectivity index (χ4n) is 4.84. The number of nitrogens with two attached hydrogens (primary N) is 1. The highest BCUT2D eigenvalue weighted by Gasteiger charge is 2.26. The molecular formula is C29H31N3OS. The van der Waals surface area contributed by atoms with E-state index in [4.69, 9.17) is 10.7 Å². The number of nitrogen functional groups attached to an aromatic ring is 1. The number of rotatable bonds is 5. The Hall–Kier alpha value is -3.18. The van der Waals surface area contributed by atoms with Crippen LogP contribution in [-0.2, 0) is 19.3 Å². The van der Waals surface area contributed by atoms with Crippen molar-refractivity contribution in [2.45, 2.75) is 58.8 Å². The van der Waals surface area contributed by atoms with Gasteiger partial charge in [0.25, 0.3) is 5.91 Å². The van der Waals surface area contributed by atoms with Crippen LogP contribution in [0.5, 0.6) is 0 Å². The lowest BCUT2D eigenvalue weighted by Gasteiger charge is -2.20. The lowest BCUT2D eigenvalue weighted by atomic mass is 9.87. The van der Waals surface area contributed by atoms with Gasteiger partial charge in [0.05, 0.1) is 5.69 Å². The molecule has 0 aliphatic heterocycles. The Kier molecular flexibility index (Phi) is 6.13. The van der Waals surface area contributed by atoms with E-state index in [1.165, 1.54) is 28.0 Å². The van der Waals surface area contributed by atoms with Crippen LogP contribution < -0.4 is 11.1 Å². The summed E-state index contributed by atoms with van der Waals surface area (Å²) in [5.74, 6) is 0.303. The molecule has 0 saturated carbocycles. The van der Waals surface area contributed by atoms with Gasteiger partial charge in [-0.25, -0.2) is 4.98 Å². The second-order valence-corrected chi connectivity index (χ2v) is 10.4. The van der Waals surface area contributed by atoms with Crippen molar-refractivity contribution in [2.24, 2.45) is 0 Å². The first-order valence-corrected chi connectivity index (χ1v) is 13.0. The molecule has 2 heterocycles. The number of thiophene rings is 1. The zero-order valence-electron chi connectivity index (χ0n) is 20.1. The largest absolute Gasteiger partial charge is 0.397 e. The minimum Gasteiger partial charge on any atom is -0.397 e. The van der Waals surface area contributed by atoms with Gasteiger partial charge in [0.1, 0.15) is 9.71 Å². The first-order chi connectivity index (χ1) is 16.5. The zero-order valence-corrected chi connectivity index (χ0v) is 20.9. The van der Waals surface area contributed by atoms with E-state index < -0.39 is 0 Å². The van der Waals surface area contributed by atoms with Crippen molar-refractivity contribution in [1.29, 1.82) is 0 Å². The summed E-state index contributed by atoms with van der Waals surface area (Å²) < 4.78 is 0. The van der Waals surface area contributed by atoms with Crippen LogP contribution in [0.4, 0.5) is 11.4 Å². The van der Waals surface area contributed by atoms with E-state index in [1.54, 1.807) is 0 Å². The van der Waals surface area contributed by atoms with E-state index in [-0.39, 0.29) is 5.91 Å². The summed E-state index contributed by atoms with van der Waals surface area (Å²) >= 11 is 1.40. The van der Waals surface area contributed by atoms with E-state index in [9.17, 15) is 4.79 Å². The third-order valence-electron chi connectivity index (χ3n) is 6.85. The number of benzene rings is 2. The van der Waals surface area contributed by atoms with Gasteiger partial charge in [-0.2, -0.15) is 0 Å². The molecule has 4 nitrogen and oxygen atoms in total. The second-order valence-electron chi connectivity index (χ2n) is 9.43. The molecule has 5 rings (SSSR count). The first-order valence-electron chi connectivity index (χ1n) is 12.2. The molecule has 0 radical (unpaired) electrons. The minimum absolute atomic E-state index is 0.177. The Bertz CT molecular complexity index is 1350. The number of aryl methyl sites for hydroxylation is 2. The number of pyridine rings is 1. The predicted molar refractivity (Wildman–Crippen MR) is 144 cm³/mol. The molecule has 4 aromatic rings. The molecule has 0 bridgehead atoms. The van der Waals surface area contributed by atoms with Gasteiger partial charge in [0.2, 0.25) is 0 Å². The van der Waals surface area contributed by atoms with Gasteiger partial charge < -0.3 is 11.1 Å². The monoisotopic (exact) mass is 469 g/mol. The van der Waals surface area contributed by atoms with Crippen LogP contribution in [0.25, 0.3) is 21.3 Å². The molecule has 0 spiro atoms. The molecule has 1 amide bonds. The summed E-state index contributed by atoms with van der Waals surface area (Å²) in [5, 5.41) is 3.95. The molecule has 174 valence electrons. The summed E-state index contributed by atoms with van der Waals surface area (Å²) in [6.07, 6.45) is 5.25. The molecule has 0 unspecified atom stereocenters. The van der Waals surface area contributed by atoms with E-state index in [2.05, 4.69) is 50.4 Å². The first kappa shape index (κ1) is 22.6. The van der Waals surface area contributed by atoms with Gasteiger partial charge in [0, 0.05) is 16.8 Å². The highest BCUT2D eigenvalue weighted by molar-refractivity contribution is 7.21. The van der Waals surface area contributed by atoms with Gasteiger partial charge in [0.15, 0.2) is 0 Å². The van der Waals surface area contributed by atoms with Gasteiger partial charge >= 0.3 is 0 Å². The number of carbonyl (C=O) groups excluding carboxylic acids is 1. The van der Waals surface area contributed by atoms with Crippen molar-refractivity contribution >= 4 is 38.8 Å². The molecule has 0 saturated heterocycles. The molecule has 0 atom stereocenters. The number of nitrogens with zero attached hydrogens (tertiary/aromatic N) is 1. The number of hydrogen-bond donors (Lipinski definition) is 2. The Morgan fingerprint density at radius 2 is 1.76 bits per heavy atom. The highest BCUT2D eigenvalue weighted by atomic mass is 32.1. The zero-order chi connectivity index (χ0) is 23.8. The number of nitrogens with one attached hydrogen (secondary N) is 1. The highest BCUT2D eigenvalue weighted by Crippen LogP contribution is 2.44. The van der Waals surface area contributed by atoms with Crippen LogP contribution >= 0.6 is 11.3 Å². The van der Waals surface area contributed by atoms with Gasteiger partial charge in [-0.3, -0.25) is 4.79 Å². The van der Waals surface area contributed by atoms with Crippen LogP contribution in [0.3, 0.4) is 0 Å². The maximum atomic E-state index is 13.2. The van der Waals surface area contributed by atoms with E-state index in [1.807, 2.05) is 24.3 Å². The standard InChI is InChI=1S/C29H31N3OS/c1-4-18-9-15-21(16-10-18)31-28(33)27-26(30)25-24(20-13-11-19(12-14-20)17(2)3)22-7-5-6-8-23(22)32-29(25)34-27/h9-17H,4-8,30H2,1-3H3,(H,31,33). The third kappa shape index (κ3) is 4.09. The van der Waals surface area contributed by atoms with Crippen molar-refractivity contribution in [3.63, 3.8) is 0 Å². The summed E-state index contributed by atoms with van der Waals surface area (Å²) in [6, 6.07) is 16.8.